The van der Waals surface area contributed by atoms with Crippen LogP contribution < -0.4 is 4.74 Å². The number of carbonyl (C=O) groups is 2. The third-order valence-electron chi connectivity index (χ3n) is 7.01. The van der Waals surface area contributed by atoms with Gasteiger partial charge in [0, 0.05) is 63.7 Å². The number of piperazine rings is 1. The summed E-state index contributed by atoms with van der Waals surface area (Å²) in [5.74, 6) is 1.31. The van der Waals surface area contributed by atoms with Crippen LogP contribution in [0.3, 0.4) is 0 Å². The molecule has 0 unspecified atom stereocenters. The van der Waals surface area contributed by atoms with Gasteiger partial charge in [-0.25, -0.2) is 4.39 Å². The SMILES string of the molecule is CC(=O)N1CCN(C(=O)[C@@H]2CN(CC3CC3)[C@H]3c4cc(F)ccc4OC[C@@H]23)CC1. The topological polar surface area (TPSA) is 53.1 Å². The molecule has 3 atom stereocenters. The molecule has 5 rings (SSSR count). The minimum atomic E-state index is -0.255. The first-order valence-corrected chi connectivity index (χ1v) is 10.7. The number of carbonyl (C=O) groups excluding carboxylic acids is 2. The molecule has 1 aromatic rings. The first kappa shape index (κ1) is 18.9. The molecule has 2 saturated heterocycles. The van der Waals surface area contributed by atoms with Gasteiger partial charge in [0.05, 0.1) is 12.5 Å². The van der Waals surface area contributed by atoms with Crippen LogP contribution in [0, 0.1) is 23.6 Å². The molecule has 156 valence electrons. The minimum absolute atomic E-state index is 0.0430. The maximum atomic E-state index is 14.0. The zero-order valence-corrected chi connectivity index (χ0v) is 16.8. The molecule has 0 aromatic heterocycles. The second kappa shape index (κ2) is 7.27. The zero-order valence-electron chi connectivity index (χ0n) is 16.8. The number of hydrogen-bond acceptors (Lipinski definition) is 4. The van der Waals surface area contributed by atoms with Crippen LogP contribution in [0.4, 0.5) is 4.39 Å². The van der Waals surface area contributed by atoms with Crippen molar-refractivity contribution >= 4 is 11.8 Å². The van der Waals surface area contributed by atoms with Crippen LogP contribution in [0.1, 0.15) is 31.4 Å². The van der Waals surface area contributed by atoms with Crippen LogP contribution >= 0.6 is 0 Å². The summed E-state index contributed by atoms with van der Waals surface area (Å²) in [6.45, 7) is 6.10. The van der Waals surface area contributed by atoms with Crippen molar-refractivity contribution in [2.24, 2.45) is 17.8 Å². The summed E-state index contributed by atoms with van der Waals surface area (Å²) in [6, 6.07) is 4.79. The second-order valence-electron chi connectivity index (χ2n) is 8.94. The maximum absolute atomic E-state index is 14.0. The first-order valence-electron chi connectivity index (χ1n) is 10.7. The van der Waals surface area contributed by atoms with E-state index in [9.17, 15) is 14.0 Å². The number of rotatable bonds is 3. The third kappa shape index (κ3) is 3.50. The van der Waals surface area contributed by atoms with Gasteiger partial charge in [0.2, 0.25) is 11.8 Å². The van der Waals surface area contributed by atoms with E-state index in [4.69, 9.17) is 4.74 Å². The lowest BCUT2D eigenvalue weighted by molar-refractivity contribution is -0.142. The van der Waals surface area contributed by atoms with Gasteiger partial charge in [0.1, 0.15) is 11.6 Å². The Morgan fingerprint density at radius 1 is 1.14 bits per heavy atom. The lowest BCUT2D eigenvalue weighted by atomic mass is 9.84. The fraction of sp³-hybridized carbons (Fsp3) is 0.636. The highest BCUT2D eigenvalue weighted by Gasteiger charge is 2.51. The highest BCUT2D eigenvalue weighted by molar-refractivity contribution is 5.81. The molecule has 2 amide bonds. The number of amides is 2. The van der Waals surface area contributed by atoms with Crippen molar-refractivity contribution in [1.29, 1.82) is 0 Å². The molecule has 0 radical (unpaired) electrons. The van der Waals surface area contributed by atoms with Gasteiger partial charge < -0.3 is 14.5 Å². The van der Waals surface area contributed by atoms with Crippen LogP contribution in [0.5, 0.6) is 5.75 Å². The molecule has 0 bridgehead atoms. The van der Waals surface area contributed by atoms with Gasteiger partial charge in [0.25, 0.3) is 0 Å². The number of hydrogen-bond donors (Lipinski definition) is 0. The fourth-order valence-electron chi connectivity index (χ4n) is 5.25. The lowest BCUT2D eigenvalue weighted by Gasteiger charge is -2.37. The normalized spacial score (nSPS) is 29.2. The van der Waals surface area contributed by atoms with Crippen molar-refractivity contribution in [3.8, 4) is 5.75 Å². The number of benzene rings is 1. The minimum Gasteiger partial charge on any atom is -0.493 e. The number of halogens is 1. The Labute approximate surface area is 170 Å². The standard InChI is InChI=1S/C22H28FN3O3/c1-14(27)24-6-8-25(9-7-24)22(28)18-12-26(11-15-2-3-15)21-17-10-16(23)4-5-20(17)29-13-19(18)21/h4-5,10,15,18-19,21H,2-3,6-9,11-13H2,1H3/t18-,19+,21+/m1/s1. The van der Waals surface area contributed by atoms with E-state index in [-0.39, 0.29) is 35.5 Å². The quantitative estimate of drug-likeness (QED) is 0.777. The molecule has 3 heterocycles. The third-order valence-corrected chi connectivity index (χ3v) is 7.01. The monoisotopic (exact) mass is 401 g/mol. The van der Waals surface area contributed by atoms with Gasteiger partial charge in [-0.05, 0) is 37.0 Å². The average Bonchev–Trinajstić information content (AvgIpc) is 3.46. The highest BCUT2D eigenvalue weighted by atomic mass is 19.1. The Bertz CT molecular complexity index is 820. The number of fused-ring (bicyclic) bond motifs is 3. The molecule has 0 spiro atoms. The second-order valence-corrected chi connectivity index (χ2v) is 8.94. The molecule has 3 fully saturated rings. The lowest BCUT2D eigenvalue weighted by Crippen LogP contribution is -2.52. The molecule has 0 N–H and O–H groups in total. The van der Waals surface area contributed by atoms with Crippen LogP contribution in [0.25, 0.3) is 0 Å². The Morgan fingerprint density at radius 3 is 2.55 bits per heavy atom. The van der Waals surface area contributed by atoms with E-state index in [0.29, 0.717) is 45.2 Å². The van der Waals surface area contributed by atoms with E-state index in [1.54, 1.807) is 24.0 Å². The summed E-state index contributed by atoms with van der Waals surface area (Å²) in [7, 11) is 0. The van der Waals surface area contributed by atoms with Crippen LogP contribution in [0.2, 0.25) is 0 Å². The van der Waals surface area contributed by atoms with Crippen molar-refractivity contribution in [3.63, 3.8) is 0 Å². The van der Waals surface area contributed by atoms with Gasteiger partial charge in [0.15, 0.2) is 0 Å². The molecule has 6 nitrogen and oxygen atoms in total. The molecule has 1 aliphatic carbocycles. The zero-order chi connectivity index (χ0) is 20.1. The summed E-state index contributed by atoms with van der Waals surface area (Å²) in [4.78, 5) is 31.1. The highest BCUT2D eigenvalue weighted by Crippen LogP contribution is 2.49. The molecule has 1 saturated carbocycles. The van der Waals surface area contributed by atoms with E-state index in [2.05, 4.69) is 4.90 Å². The molecule has 4 aliphatic rings. The van der Waals surface area contributed by atoms with Gasteiger partial charge in [-0.2, -0.15) is 0 Å². The summed E-state index contributed by atoms with van der Waals surface area (Å²) in [6.07, 6.45) is 2.48. The summed E-state index contributed by atoms with van der Waals surface area (Å²) in [5, 5.41) is 0. The fourth-order valence-corrected chi connectivity index (χ4v) is 5.25. The molecular formula is C22H28FN3O3. The summed E-state index contributed by atoms with van der Waals surface area (Å²) < 4.78 is 20.0. The van der Waals surface area contributed by atoms with E-state index >= 15 is 0 Å². The van der Waals surface area contributed by atoms with Crippen LogP contribution in [0.15, 0.2) is 18.2 Å². The summed E-state index contributed by atoms with van der Waals surface area (Å²) >= 11 is 0. The van der Waals surface area contributed by atoms with Crippen LogP contribution in [-0.2, 0) is 9.59 Å². The van der Waals surface area contributed by atoms with E-state index in [1.165, 1.54) is 18.9 Å². The van der Waals surface area contributed by atoms with Gasteiger partial charge in [-0.15, -0.1) is 0 Å². The van der Waals surface area contributed by atoms with Crippen molar-refractivity contribution in [1.82, 2.24) is 14.7 Å². The molecule has 29 heavy (non-hydrogen) atoms. The molecule has 3 aliphatic heterocycles. The number of ether oxygens (including phenoxy) is 1. The van der Waals surface area contributed by atoms with Crippen molar-refractivity contribution in [2.45, 2.75) is 25.8 Å². The van der Waals surface area contributed by atoms with E-state index in [0.717, 1.165) is 17.9 Å². The van der Waals surface area contributed by atoms with E-state index < -0.39 is 0 Å². The van der Waals surface area contributed by atoms with Crippen LogP contribution in [-0.4, -0.2) is 72.4 Å². The first-order chi connectivity index (χ1) is 14.0. The number of likely N-dealkylation sites (tertiary alicyclic amines) is 1. The largest absolute Gasteiger partial charge is 0.493 e. The Balaban J connectivity index is 1.37. The average molecular weight is 401 g/mol. The van der Waals surface area contributed by atoms with Gasteiger partial charge in [-0.3, -0.25) is 14.5 Å². The Hall–Kier alpha value is -2.15. The maximum Gasteiger partial charge on any atom is 0.227 e. The Morgan fingerprint density at radius 2 is 1.86 bits per heavy atom. The molecule has 1 aromatic carbocycles. The van der Waals surface area contributed by atoms with Crippen molar-refractivity contribution in [2.75, 3.05) is 45.9 Å². The molecule has 7 heteroatoms. The van der Waals surface area contributed by atoms with Gasteiger partial charge in [-0.1, -0.05) is 0 Å². The predicted molar refractivity (Wildman–Crippen MR) is 105 cm³/mol. The van der Waals surface area contributed by atoms with Crippen molar-refractivity contribution < 1.29 is 18.7 Å². The Kier molecular flexibility index (Phi) is 4.73. The summed E-state index contributed by atoms with van der Waals surface area (Å²) in [5.41, 5.74) is 0.888. The van der Waals surface area contributed by atoms with Gasteiger partial charge >= 0.3 is 0 Å². The van der Waals surface area contributed by atoms with Crippen molar-refractivity contribution in [3.05, 3.63) is 29.6 Å². The van der Waals surface area contributed by atoms with E-state index in [1.807, 2.05) is 4.90 Å². The predicted octanol–water partition coefficient (Wildman–Crippen LogP) is 1.91. The number of nitrogens with zero attached hydrogens (tertiary/aromatic N) is 3. The smallest absolute Gasteiger partial charge is 0.227 e. The molecular weight excluding hydrogens is 373 g/mol.